The van der Waals surface area contributed by atoms with Crippen LogP contribution in [0.2, 0.25) is 5.02 Å². The maximum Gasteiger partial charge on any atom is 0.288 e. The van der Waals surface area contributed by atoms with Crippen molar-refractivity contribution in [1.82, 2.24) is 5.32 Å². The second-order valence-electron chi connectivity index (χ2n) is 3.72. The average Bonchev–Trinajstić information content (AvgIpc) is 2.78. The molecular formula is C12H11ClN2O3. The van der Waals surface area contributed by atoms with Crippen LogP contribution in [-0.4, -0.2) is 12.0 Å². The number of nitrogens with one attached hydrogen (secondary N) is 1. The molecule has 0 bridgehead atoms. The van der Waals surface area contributed by atoms with Crippen molar-refractivity contribution in [1.29, 1.82) is 0 Å². The predicted octanol–water partition coefficient (Wildman–Crippen LogP) is 3.23. The van der Waals surface area contributed by atoms with Crippen LogP contribution in [0, 0.1) is 10.1 Å². The molecule has 2 aromatic rings. The van der Waals surface area contributed by atoms with Crippen LogP contribution in [0.3, 0.4) is 0 Å². The second kappa shape index (κ2) is 5.20. The SMILES string of the molecule is CNCc1ccc(-c2ccc(Cl)c([N+](=O)[O-])c2)o1. The first kappa shape index (κ1) is 12.6. The van der Waals surface area contributed by atoms with Crippen LogP contribution < -0.4 is 5.32 Å². The van der Waals surface area contributed by atoms with Crippen molar-refractivity contribution in [2.45, 2.75) is 6.54 Å². The highest BCUT2D eigenvalue weighted by molar-refractivity contribution is 6.32. The summed E-state index contributed by atoms with van der Waals surface area (Å²) in [5.41, 5.74) is 0.509. The lowest BCUT2D eigenvalue weighted by atomic mass is 10.1. The molecule has 18 heavy (non-hydrogen) atoms. The van der Waals surface area contributed by atoms with Gasteiger partial charge in [-0.2, -0.15) is 0 Å². The minimum atomic E-state index is -0.511. The molecule has 0 spiro atoms. The summed E-state index contributed by atoms with van der Waals surface area (Å²) >= 11 is 5.75. The van der Waals surface area contributed by atoms with Gasteiger partial charge in [-0.25, -0.2) is 0 Å². The number of benzene rings is 1. The van der Waals surface area contributed by atoms with Crippen LogP contribution in [0.25, 0.3) is 11.3 Å². The van der Waals surface area contributed by atoms with Crippen molar-refractivity contribution < 1.29 is 9.34 Å². The number of furan rings is 1. The Kier molecular flexibility index (Phi) is 3.64. The van der Waals surface area contributed by atoms with Gasteiger partial charge in [0.05, 0.1) is 11.5 Å². The molecule has 5 nitrogen and oxygen atoms in total. The fraction of sp³-hybridized carbons (Fsp3) is 0.167. The maximum atomic E-state index is 10.8. The molecule has 2 rings (SSSR count). The minimum Gasteiger partial charge on any atom is -0.460 e. The Hall–Kier alpha value is -1.85. The Morgan fingerprint density at radius 3 is 2.83 bits per heavy atom. The van der Waals surface area contributed by atoms with Crippen LogP contribution in [0.4, 0.5) is 5.69 Å². The zero-order valence-electron chi connectivity index (χ0n) is 9.64. The van der Waals surface area contributed by atoms with Crippen molar-refractivity contribution in [3.63, 3.8) is 0 Å². The quantitative estimate of drug-likeness (QED) is 0.681. The van der Waals surface area contributed by atoms with Crippen molar-refractivity contribution in [2.75, 3.05) is 7.05 Å². The van der Waals surface area contributed by atoms with E-state index in [-0.39, 0.29) is 10.7 Å². The molecule has 0 amide bonds. The molecule has 0 fully saturated rings. The van der Waals surface area contributed by atoms with Gasteiger partial charge in [-0.15, -0.1) is 0 Å². The largest absolute Gasteiger partial charge is 0.460 e. The standard InChI is InChI=1S/C12H11ClN2O3/c1-14-7-9-3-5-12(18-9)8-2-4-10(13)11(6-8)15(16)17/h2-6,14H,7H2,1H3. The highest BCUT2D eigenvalue weighted by Crippen LogP contribution is 2.31. The molecule has 1 N–H and O–H groups in total. The van der Waals surface area contributed by atoms with E-state index >= 15 is 0 Å². The van der Waals surface area contributed by atoms with E-state index in [2.05, 4.69) is 5.32 Å². The third kappa shape index (κ3) is 2.52. The van der Waals surface area contributed by atoms with Crippen molar-refractivity contribution in [3.05, 3.63) is 51.2 Å². The van der Waals surface area contributed by atoms with Gasteiger partial charge in [0.15, 0.2) is 0 Å². The van der Waals surface area contributed by atoms with E-state index in [1.165, 1.54) is 12.1 Å². The van der Waals surface area contributed by atoms with Crippen LogP contribution >= 0.6 is 11.6 Å². The molecule has 1 aromatic carbocycles. The summed E-state index contributed by atoms with van der Waals surface area (Å²) in [5, 5.41) is 13.9. The number of halogens is 1. The molecular weight excluding hydrogens is 256 g/mol. The topological polar surface area (TPSA) is 68.3 Å². The Morgan fingerprint density at radius 1 is 1.39 bits per heavy atom. The predicted molar refractivity (Wildman–Crippen MR) is 68.6 cm³/mol. The van der Waals surface area contributed by atoms with Gasteiger partial charge in [0.25, 0.3) is 5.69 Å². The number of hydrogen-bond donors (Lipinski definition) is 1. The van der Waals surface area contributed by atoms with E-state index in [9.17, 15) is 10.1 Å². The van der Waals surface area contributed by atoms with Gasteiger partial charge in [-0.1, -0.05) is 11.6 Å². The van der Waals surface area contributed by atoms with E-state index in [0.29, 0.717) is 17.9 Å². The average molecular weight is 267 g/mol. The fourth-order valence-corrected chi connectivity index (χ4v) is 1.79. The molecule has 1 heterocycles. The summed E-state index contributed by atoms with van der Waals surface area (Å²) in [6.07, 6.45) is 0. The summed E-state index contributed by atoms with van der Waals surface area (Å²) in [4.78, 5) is 10.3. The van der Waals surface area contributed by atoms with Crippen molar-refractivity contribution >= 4 is 17.3 Å². The number of nitro groups is 1. The van der Waals surface area contributed by atoms with E-state index in [4.69, 9.17) is 16.0 Å². The number of nitrogens with zero attached hydrogens (tertiary/aromatic N) is 1. The van der Waals surface area contributed by atoms with E-state index in [1.807, 2.05) is 13.1 Å². The lowest BCUT2D eigenvalue weighted by Crippen LogP contribution is -2.03. The molecule has 0 aliphatic carbocycles. The summed E-state index contributed by atoms with van der Waals surface area (Å²) < 4.78 is 5.56. The van der Waals surface area contributed by atoms with Crippen LogP contribution in [0.1, 0.15) is 5.76 Å². The van der Waals surface area contributed by atoms with E-state index < -0.39 is 4.92 Å². The summed E-state index contributed by atoms with van der Waals surface area (Å²) in [5.74, 6) is 1.35. The minimum absolute atomic E-state index is 0.116. The number of rotatable bonds is 4. The third-order valence-corrected chi connectivity index (χ3v) is 2.76. The summed E-state index contributed by atoms with van der Waals surface area (Å²) in [6, 6.07) is 8.20. The van der Waals surface area contributed by atoms with Gasteiger partial charge in [-0.05, 0) is 31.3 Å². The summed E-state index contributed by atoms with van der Waals surface area (Å²) in [6.45, 7) is 0.607. The lowest BCUT2D eigenvalue weighted by molar-refractivity contribution is -0.384. The van der Waals surface area contributed by atoms with Crippen LogP contribution in [0.15, 0.2) is 34.7 Å². The smallest absolute Gasteiger partial charge is 0.288 e. The maximum absolute atomic E-state index is 10.8. The van der Waals surface area contributed by atoms with Gasteiger partial charge in [0, 0.05) is 11.6 Å². The zero-order chi connectivity index (χ0) is 13.1. The van der Waals surface area contributed by atoms with Crippen LogP contribution in [0.5, 0.6) is 0 Å². The highest BCUT2D eigenvalue weighted by Gasteiger charge is 2.15. The van der Waals surface area contributed by atoms with Gasteiger partial charge in [-0.3, -0.25) is 10.1 Å². The number of hydrogen-bond acceptors (Lipinski definition) is 4. The molecule has 0 radical (unpaired) electrons. The molecule has 0 atom stereocenters. The van der Waals surface area contributed by atoms with Crippen molar-refractivity contribution in [3.8, 4) is 11.3 Å². The summed E-state index contributed by atoms with van der Waals surface area (Å²) in [7, 11) is 1.81. The molecule has 0 saturated carbocycles. The molecule has 0 aliphatic rings. The molecule has 0 saturated heterocycles. The molecule has 6 heteroatoms. The van der Waals surface area contributed by atoms with Gasteiger partial charge in [0.1, 0.15) is 16.5 Å². The molecule has 0 unspecified atom stereocenters. The molecule has 94 valence electrons. The van der Waals surface area contributed by atoms with Gasteiger partial charge >= 0.3 is 0 Å². The van der Waals surface area contributed by atoms with Gasteiger partial charge < -0.3 is 9.73 Å². The Labute approximate surface area is 109 Å². The fourth-order valence-electron chi connectivity index (χ4n) is 1.61. The third-order valence-electron chi connectivity index (χ3n) is 2.44. The second-order valence-corrected chi connectivity index (χ2v) is 4.13. The Morgan fingerprint density at radius 2 is 2.17 bits per heavy atom. The van der Waals surface area contributed by atoms with Crippen LogP contribution in [-0.2, 0) is 6.54 Å². The Balaban J connectivity index is 2.38. The zero-order valence-corrected chi connectivity index (χ0v) is 10.4. The van der Waals surface area contributed by atoms with Gasteiger partial charge in [0.2, 0.25) is 0 Å². The first-order valence-corrected chi connectivity index (χ1v) is 5.67. The Bertz CT molecular complexity index is 580. The number of nitro benzene ring substituents is 1. The van der Waals surface area contributed by atoms with Crippen molar-refractivity contribution in [2.24, 2.45) is 0 Å². The lowest BCUT2D eigenvalue weighted by Gasteiger charge is -1.99. The molecule has 0 aliphatic heterocycles. The normalized spacial score (nSPS) is 10.6. The van der Waals surface area contributed by atoms with E-state index in [0.717, 1.165) is 5.76 Å². The highest BCUT2D eigenvalue weighted by atomic mass is 35.5. The first-order chi connectivity index (χ1) is 8.61. The first-order valence-electron chi connectivity index (χ1n) is 5.29. The monoisotopic (exact) mass is 266 g/mol. The van der Waals surface area contributed by atoms with E-state index in [1.54, 1.807) is 12.1 Å². The molecule has 1 aromatic heterocycles.